The SMILES string of the molecule is CC(=O)c1ccc(Br)c(Br)c1C=O. The monoisotopic (exact) mass is 304 g/mol. The Hall–Kier alpha value is -0.480. The Morgan fingerprint density at radius 1 is 1.38 bits per heavy atom. The summed E-state index contributed by atoms with van der Waals surface area (Å²) in [4.78, 5) is 21.8. The molecule has 0 N–H and O–H groups in total. The van der Waals surface area contributed by atoms with Gasteiger partial charge >= 0.3 is 0 Å². The normalized spacial score (nSPS) is 9.77. The Balaban J connectivity index is 3.47. The van der Waals surface area contributed by atoms with Crippen molar-refractivity contribution in [2.45, 2.75) is 6.92 Å². The van der Waals surface area contributed by atoms with E-state index < -0.39 is 0 Å². The summed E-state index contributed by atoms with van der Waals surface area (Å²) < 4.78 is 1.38. The predicted octanol–water partition coefficient (Wildman–Crippen LogP) is 3.23. The molecular weight excluding hydrogens is 300 g/mol. The lowest BCUT2D eigenvalue weighted by atomic mass is 10.1. The molecular formula is C9H6Br2O2. The third-order valence-corrected chi connectivity index (χ3v) is 3.68. The molecule has 0 aliphatic heterocycles. The molecule has 0 aliphatic carbocycles. The Kier molecular flexibility index (Phi) is 3.39. The summed E-state index contributed by atoms with van der Waals surface area (Å²) in [6, 6.07) is 3.36. The van der Waals surface area contributed by atoms with E-state index in [9.17, 15) is 9.59 Å². The van der Waals surface area contributed by atoms with Gasteiger partial charge in [0.1, 0.15) is 0 Å². The zero-order valence-electron chi connectivity index (χ0n) is 6.80. The van der Waals surface area contributed by atoms with Crippen molar-refractivity contribution in [3.05, 3.63) is 32.2 Å². The summed E-state index contributed by atoms with van der Waals surface area (Å²) in [5.41, 5.74) is 0.826. The molecule has 13 heavy (non-hydrogen) atoms. The van der Waals surface area contributed by atoms with Gasteiger partial charge in [0.2, 0.25) is 0 Å². The molecule has 0 aromatic heterocycles. The van der Waals surface area contributed by atoms with Crippen LogP contribution in [0.25, 0.3) is 0 Å². The molecule has 0 bridgehead atoms. The molecule has 4 heteroatoms. The number of ketones is 1. The highest BCUT2D eigenvalue weighted by atomic mass is 79.9. The third-order valence-electron chi connectivity index (χ3n) is 1.63. The van der Waals surface area contributed by atoms with Gasteiger partial charge in [-0.3, -0.25) is 9.59 Å². The lowest BCUT2D eigenvalue weighted by molar-refractivity contribution is 0.100. The smallest absolute Gasteiger partial charge is 0.160 e. The van der Waals surface area contributed by atoms with Gasteiger partial charge in [-0.15, -0.1) is 0 Å². The summed E-state index contributed by atoms with van der Waals surface area (Å²) >= 11 is 6.48. The van der Waals surface area contributed by atoms with Crippen LogP contribution < -0.4 is 0 Å². The van der Waals surface area contributed by atoms with Gasteiger partial charge in [-0.25, -0.2) is 0 Å². The van der Waals surface area contributed by atoms with E-state index in [1.54, 1.807) is 12.1 Å². The number of hydrogen-bond donors (Lipinski definition) is 0. The van der Waals surface area contributed by atoms with Crippen LogP contribution >= 0.6 is 31.9 Å². The molecule has 0 saturated carbocycles. The third kappa shape index (κ3) is 2.06. The van der Waals surface area contributed by atoms with Gasteiger partial charge < -0.3 is 0 Å². The molecule has 0 atom stereocenters. The molecule has 0 unspecified atom stereocenters. The maximum Gasteiger partial charge on any atom is 0.160 e. The second kappa shape index (κ2) is 4.15. The molecule has 2 nitrogen and oxygen atoms in total. The first kappa shape index (κ1) is 10.6. The average Bonchev–Trinajstić information content (AvgIpc) is 2.09. The number of Topliss-reactive ketones (excluding diaryl/α,β-unsaturated/α-hetero) is 1. The number of carbonyl (C=O) groups excluding carboxylic acids is 2. The highest BCUT2D eigenvalue weighted by Gasteiger charge is 2.11. The maximum absolute atomic E-state index is 11.1. The highest BCUT2D eigenvalue weighted by molar-refractivity contribution is 9.13. The second-order valence-electron chi connectivity index (χ2n) is 2.50. The minimum Gasteiger partial charge on any atom is -0.298 e. The van der Waals surface area contributed by atoms with Crippen LogP contribution in [0.15, 0.2) is 21.1 Å². The molecule has 0 radical (unpaired) electrons. The van der Waals surface area contributed by atoms with Gasteiger partial charge in [-0.1, -0.05) is 0 Å². The van der Waals surface area contributed by atoms with Gasteiger partial charge in [0.15, 0.2) is 12.1 Å². The maximum atomic E-state index is 11.1. The minimum absolute atomic E-state index is 0.115. The first-order chi connectivity index (χ1) is 6.07. The van der Waals surface area contributed by atoms with Crippen LogP contribution in [0.1, 0.15) is 27.6 Å². The first-order valence-corrected chi connectivity index (χ1v) is 5.10. The number of aldehydes is 1. The van der Waals surface area contributed by atoms with E-state index in [4.69, 9.17) is 0 Å². The summed E-state index contributed by atoms with van der Waals surface area (Å²) in [5.74, 6) is -0.115. The van der Waals surface area contributed by atoms with Crippen LogP contribution in [0.4, 0.5) is 0 Å². The highest BCUT2D eigenvalue weighted by Crippen LogP contribution is 2.28. The van der Waals surface area contributed by atoms with Crippen molar-refractivity contribution in [1.82, 2.24) is 0 Å². The van der Waals surface area contributed by atoms with E-state index in [1.165, 1.54) is 6.92 Å². The van der Waals surface area contributed by atoms with Crippen molar-refractivity contribution in [1.29, 1.82) is 0 Å². The number of carbonyl (C=O) groups is 2. The van der Waals surface area contributed by atoms with Crippen molar-refractivity contribution in [2.24, 2.45) is 0 Å². The predicted molar refractivity (Wildman–Crippen MR) is 57.2 cm³/mol. The molecule has 68 valence electrons. The van der Waals surface area contributed by atoms with Gasteiger partial charge in [-0.2, -0.15) is 0 Å². The van der Waals surface area contributed by atoms with Crippen LogP contribution in [0, 0.1) is 0 Å². The number of hydrogen-bond acceptors (Lipinski definition) is 2. The molecule has 1 aromatic rings. The Morgan fingerprint density at radius 3 is 2.46 bits per heavy atom. The fourth-order valence-electron chi connectivity index (χ4n) is 0.989. The van der Waals surface area contributed by atoms with Crippen LogP contribution in [-0.2, 0) is 0 Å². The number of benzene rings is 1. The van der Waals surface area contributed by atoms with Crippen molar-refractivity contribution in [3.63, 3.8) is 0 Å². The lowest BCUT2D eigenvalue weighted by Gasteiger charge is -2.04. The molecule has 0 amide bonds. The Labute approximate surface area is 92.6 Å². The molecule has 0 aliphatic rings. The van der Waals surface area contributed by atoms with E-state index in [-0.39, 0.29) is 5.78 Å². The van der Waals surface area contributed by atoms with E-state index in [0.717, 1.165) is 4.47 Å². The number of halogens is 2. The van der Waals surface area contributed by atoms with E-state index >= 15 is 0 Å². The van der Waals surface area contributed by atoms with Gasteiger partial charge in [0.05, 0.1) is 0 Å². The molecule has 1 aromatic carbocycles. The second-order valence-corrected chi connectivity index (χ2v) is 4.14. The Morgan fingerprint density at radius 2 is 2.00 bits per heavy atom. The van der Waals surface area contributed by atoms with Gasteiger partial charge in [-0.05, 0) is 50.9 Å². The van der Waals surface area contributed by atoms with Gasteiger partial charge in [0.25, 0.3) is 0 Å². The van der Waals surface area contributed by atoms with Crippen LogP contribution in [0.3, 0.4) is 0 Å². The minimum atomic E-state index is -0.115. The van der Waals surface area contributed by atoms with Gasteiger partial charge in [0, 0.05) is 20.1 Å². The topological polar surface area (TPSA) is 34.1 Å². The summed E-state index contributed by atoms with van der Waals surface area (Å²) in [5, 5.41) is 0. The quantitative estimate of drug-likeness (QED) is 0.621. The fourth-order valence-corrected chi connectivity index (χ4v) is 1.77. The standard InChI is InChI=1S/C9H6Br2O2/c1-5(13)6-2-3-8(10)9(11)7(6)4-12/h2-4H,1H3. The zero-order valence-corrected chi connectivity index (χ0v) is 9.98. The van der Waals surface area contributed by atoms with Crippen molar-refractivity contribution in [3.8, 4) is 0 Å². The van der Waals surface area contributed by atoms with Crippen molar-refractivity contribution in [2.75, 3.05) is 0 Å². The van der Waals surface area contributed by atoms with E-state index in [2.05, 4.69) is 31.9 Å². The largest absolute Gasteiger partial charge is 0.298 e. The molecule has 0 heterocycles. The molecule has 0 fully saturated rings. The average molecular weight is 306 g/mol. The van der Waals surface area contributed by atoms with Crippen molar-refractivity contribution >= 4 is 43.9 Å². The van der Waals surface area contributed by atoms with Crippen LogP contribution in [0.2, 0.25) is 0 Å². The van der Waals surface area contributed by atoms with E-state index in [1.807, 2.05) is 0 Å². The molecule has 0 saturated heterocycles. The summed E-state index contributed by atoms with van der Waals surface area (Å²) in [6.45, 7) is 1.43. The van der Waals surface area contributed by atoms with Crippen molar-refractivity contribution < 1.29 is 9.59 Å². The lowest BCUT2D eigenvalue weighted by Crippen LogP contribution is -1.99. The molecule has 1 rings (SSSR count). The van der Waals surface area contributed by atoms with E-state index in [0.29, 0.717) is 21.9 Å². The summed E-state index contributed by atoms with van der Waals surface area (Å²) in [7, 11) is 0. The number of rotatable bonds is 2. The first-order valence-electron chi connectivity index (χ1n) is 3.52. The molecule has 0 spiro atoms. The summed E-state index contributed by atoms with van der Waals surface area (Å²) in [6.07, 6.45) is 0.672. The fraction of sp³-hybridized carbons (Fsp3) is 0.111. The zero-order chi connectivity index (χ0) is 10.0. The Bertz CT molecular complexity index is 372. The van der Waals surface area contributed by atoms with Crippen LogP contribution in [-0.4, -0.2) is 12.1 Å². The van der Waals surface area contributed by atoms with Crippen LogP contribution in [0.5, 0.6) is 0 Å².